The smallest absolute Gasteiger partial charge is 0.168 e. The van der Waals surface area contributed by atoms with Gasteiger partial charge >= 0.3 is 0 Å². The maximum Gasteiger partial charge on any atom is 0.168 e. The molecule has 0 aromatic carbocycles. The molecule has 0 N–H and O–H groups in total. The zero-order valence-corrected chi connectivity index (χ0v) is 9.89. The van der Waals surface area contributed by atoms with Crippen LogP contribution in [0, 0.1) is 5.41 Å². The van der Waals surface area contributed by atoms with E-state index in [1.807, 2.05) is 13.8 Å². The minimum atomic E-state index is -0.142. The molecule has 1 heterocycles. The topological polar surface area (TPSA) is 34.1 Å². The molecule has 1 saturated heterocycles. The van der Waals surface area contributed by atoms with Crippen LogP contribution in [0.1, 0.15) is 26.7 Å². The van der Waals surface area contributed by atoms with Gasteiger partial charge < -0.3 is 0 Å². The summed E-state index contributed by atoms with van der Waals surface area (Å²) in [4.78, 5) is 23.5. The van der Waals surface area contributed by atoms with E-state index in [1.165, 1.54) is 0 Å². The first-order valence-electron chi connectivity index (χ1n) is 4.56. The van der Waals surface area contributed by atoms with Gasteiger partial charge in [0.1, 0.15) is 0 Å². The van der Waals surface area contributed by atoms with Gasteiger partial charge in [0.25, 0.3) is 0 Å². The molecule has 2 fully saturated rings. The van der Waals surface area contributed by atoms with E-state index < -0.39 is 0 Å². The Balaban J connectivity index is 2.29. The summed E-state index contributed by atoms with van der Waals surface area (Å²) in [6.07, 6.45) is 1.03. The lowest BCUT2D eigenvalue weighted by Gasteiger charge is -2.30. The van der Waals surface area contributed by atoms with Crippen molar-refractivity contribution < 1.29 is 9.59 Å². The van der Waals surface area contributed by atoms with Crippen LogP contribution in [-0.4, -0.2) is 16.7 Å². The largest absolute Gasteiger partial charge is 0.294 e. The van der Waals surface area contributed by atoms with Crippen LogP contribution < -0.4 is 0 Å². The highest BCUT2D eigenvalue weighted by atomic mass is 32.3. The van der Waals surface area contributed by atoms with Crippen molar-refractivity contribution in [2.45, 2.75) is 26.7 Å². The first-order chi connectivity index (χ1) is 6.49. The Bertz CT molecular complexity index is 314. The molecule has 1 aliphatic carbocycles. The van der Waals surface area contributed by atoms with Crippen LogP contribution in [0.3, 0.4) is 0 Å². The van der Waals surface area contributed by atoms with Crippen LogP contribution in [0.4, 0.5) is 0 Å². The molecule has 0 amide bonds. The summed E-state index contributed by atoms with van der Waals surface area (Å²) < 4.78 is 0.954. The van der Waals surface area contributed by atoms with E-state index in [4.69, 9.17) is 0 Å². The van der Waals surface area contributed by atoms with E-state index in [0.717, 1.165) is 9.32 Å². The van der Waals surface area contributed by atoms with Gasteiger partial charge in [0.15, 0.2) is 11.6 Å². The summed E-state index contributed by atoms with van der Waals surface area (Å²) in [5.74, 6) is 0.0851. The molecule has 1 aliphatic heterocycles. The second-order valence-electron chi connectivity index (χ2n) is 4.43. The van der Waals surface area contributed by atoms with Gasteiger partial charge in [0.2, 0.25) is 0 Å². The van der Waals surface area contributed by atoms with Gasteiger partial charge in [-0.3, -0.25) is 9.59 Å². The second kappa shape index (κ2) is 3.42. The third kappa shape index (κ3) is 1.77. The predicted octanol–water partition coefficient (Wildman–Crippen LogP) is 2.59. The zero-order valence-electron chi connectivity index (χ0n) is 8.25. The van der Waals surface area contributed by atoms with Crippen LogP contribution in [0.5, 0.6) is 0 Å². The van der Waals surface area contributed by atoms with Crippen molar-refractivity contribution >= 4 is 35.1 Å². The number of ketones is 2. The normalized spacial score (nSPS) is 26.4. The van der Waals surface area contributed by atoms with E-state index in [1.54, 1.807) is 23.5 Å². The highest BCUT2D eigenvalue weighted by molar-refractivity contribution is 8.37. The molecule has 0 aromatic rings. The second-order valence-corrected chi connectivity index (χ2v) is 7.03. The number of thioether (sulfide) groups is 2. The Morgan fingerprint density at radius 3 is 1.93 bits per heavy atom. The number of Topliss-reactive ketones (excluding diaryl/α,β-unsaturated/α-hetero) is 2. The van der Waals surface area contributed by atoms with Crippen molar-refractivity contribution in [3.8, 4) is 0 Å². The molecule has 14 heavy (non-hydrogen) atoms. The summed E-state index contributed by atoms with van der Waals surface area (Å²) in [7, 11) is 0. The molecule has 0 spiro atoms. The van der Waals surface area contributed by atoms with Crippen molar-refractivity contribution in [1.29, 1.82) is 0 Å². The van der Waals surface area contributed by atoms with E-state index in [9.17, 15) is 9.59 Å². The van der Waals surface area contributed by atoms with Gasteiger partial charge in [-0.2, -0.15) is 0 Å². The quantitative estimate of drug-likeness (QED) is 0.471. The lowest BCUT2D eigenvalue weighted by atomic mass is 9.74. The first kappa shape index (κ1) is 10.3. The number of hydrogen-bond acceptors (Lipinski definition) is 4. The lowest BCUT2D eigenvalue weighted by Crippen LogP contribution is -2.32. The highest BCUT2D eigenvalue weighted by Crippen LogP contribution is 2.48. The fourth-order valence-electron chi connectivity index (χ4n) is 1.75. The van der Waals surface area contributed by atoms with Gasteiger partial charge in [-0.25, -0.2) is 0 Å². The summed E-state index contributed by atoms with van der Waals surface area (Å²) in [5.41, 5.74) is 0.350. The van der Waals surface area contributed by atoms with E-state index in [0.29, 0.717) is 18.4 Å². The third-order valence-electron chi connectivity index (χ3n) is 2.42. The number of carbonyl (C=O) groups is 2. The molecule has 0 atom stereocenters. The van der Waals surface area contributed by atoms with Crippen LogP contribution in [0.15, 0.2) is 9.81 Å². The summed E-state index contributed by atoms with van der Waals surface area (Å²) in [5, 5.41) is 0.975. The Hall–Kier alpha value is -0.220. The monoisotopic (exact) mass is 228 g/mol. The van der Waals surface area contributed by atoms with Crippen LogP contribution in [0.2, 0.25) is 0 Å². The molecule has 1 saturated carbocycles. The minimum Gasteiger partial charge on any atom is -0.294 e. The van der Waals surface area contributed by atoms with Gasteiger partial charge in [0.05, 0.1) is 9.81 Å². The molecule has 2 nitrogen and oxygen atoms in total. The first-order valence-corrected chi connectivity index (χ1v) is 6.53. The number of carbonyl (C=O) groups excluding carboxylic acids is 2. The molecular formula is C10H12O2S2. The van der Waals surface area contributed by atoms with Crippen LogP contribution in [0.25, 0.3) is 0 Å². The summed E-state index contributed by atoms with van der Waals surface area (Å²) in [6.45, 7) is 3.95. The molecule has 0 bridgehead atoms. The molecule has 76 valence electrons. The minimum absolute atomic E-state index is 0.0425. The fourth-order valence-corrected chi connectivity index (χ4v) is 3.44. The van der Waals surface area contributed by atoms with Gasteiger partial charge in [-0.15, -0.1) is 23.5 Å². The van der Waals surface area contributed by atoms with E-state index in [-0.39, 0.29) is 17.0 Å². The van der Waals surface area contributed by atoms with Crippen molar-refractivity contribution in [3.63, 3.8) is 0 Å². The SMILES string of the molecule is CC1(C)CC(=O)C(=C2SCS2)C(=O)C1. The number of allylic oxidation sites excluding steroid dienone is 1. The number of rotatable bonds is 0. The average molecular weight is 228 g/mol. The van der Waals surface area contributed by atoms with Crippen molar-refractivity contribution in [3.05, 3.63) is 9.81 Å². The van der Waals surface area contributed by atoms with E-state index in [2.05, 4.69) is 0 Å². The van der Waals surface area contributed by atoms with Gasteiger partial charge in [-0.05, 0) is 5.41 Å². The maximum atomic E-state index is 11.7. The average Bonchev–Trinajstić information content (AvgIpc) is 1.90. The highest BCUT2D eigenvalue weighted by Gasteiger charge is 2.38. The molecule has 0 radical (unpaired) electrons. The van der Waals surface area contributed by atoms with Gasteiger partial charge in [0, 0.05) is 17.9 Å². The molecule has 4 heteroatoms. The Morgan fingerprint density at radius 1 is 1.07 bits per heavy atom. The molecule has 0 aromatic heterocycles. The van der Waals surface area contributed by atoms with Crippen LogP contribution >= 0.6 is 23.5 Å². The fraction of sp³-hybridized carbons (Fsp3) is 0.600. The zero-order chi connectivity index (χ0) is 10.3. The van der Waals surface area contributed by atoms with Crippen molar-refractivity contribution in [2.75, 3.05) is 5.08 Å². The Labute approximate surface area is 91.9 Å². The third-order valence-corrected chi connectivity index (χ3v) is 5.00. The Morgan fingerprint density at radius 2 is 1.57 bits per heavy atom. The molecule has 0 unspecified atom stereocenters. The lowest BCUT2D eigenvalue weighted by molar-refractivity contribution is -0.127. The predicted molar refractivity (Wildman–Crippen MR) is 60.1 cm³/mol. The standard InChI is InChI=1S/C10H12O2S2/c1-10(2)3-6(11)8(7(12)4-10)9-13-5-14-9/h3-5H2,1-2H3. The van der Waals surface area contributed by atoms with Crippen molar-refractivity contribution in [2.24, 2.45) is 5.41 Å². The summed E-state index contributed by atoms with van der Waals surface area (Å²) in [6, 6.07) is 0. The Kier molecular flexibility index (Phi) is 2.52. The van der Waals surface area contributed by atoms with E-state index >= 15 is 0 Å². The van der Waals surface area contributed by atoms with Crippen molar-refractivity contribution in [1.82, 2.24) is 0 Å². The molecule has 2 rings (SSSR count). The van der Waals surface area contributed by atoms with Crippen LogP contribution in [-0.2, 0) is 9.59 Å². The maximum absolute atomic E-state index is 11.7. The molecular weight excluding hydrogens is 216 g/mol. The summed E-state index contributed by atoms with van der Waals surface area (Å²) >= 11 is 3.24. The van der Waals surface area contributed by atoms with Gasteiger partial charge in [-0.1, -0.05) is 13.8 Å². The molecule has 2 aliphatic rings. The number of hydrogen-bond donors (Lipinski definition) is 0.